The monoisotopic (exact) mass is 277 g/mol. The summed E-state index contributed by atoms with van der Waals surface area (Å²) < 4.78 is 5.38. The summed E-state index contributed by atoms with van der Waals surface area (Å²) in [6.07, 6.45) is 4.24. The topological polar surface area (TPSA) is 37.4 Å². The molecule has 0 spiro atoms. The number of ether oxygens (including phenoxy) is 1. The zero-order chi connectivity index (χ0) is 14.6. The van der Waals surface area contributed by atoms with Crippen LogP contribution in [0.15, 0.2) is 18.3 Å². The number of pyridine rings is 1. The molecule has 1 N–H and O–H groups in total. The van der Waals surface area contributed by atoms with Gasteiger partial charge in [0.1, 0.15) is 0 Å². The molecule has 20 heavy (non-hydrogen) atoms. The van der Waals surface area contributed by atoms with Crippen molar-refractivity contribution in [3.8, 4) is 5.88 Å². The van der Waals surface area contributed by atoms with Gasteiger partial charge in [0.05, 0.1) is 7.11 Å². The third kappa shape index (κ3) is 3.49. The zero-order valence-electron chi connectivity index (χ0n) is 13.1. The van der Waals surface area contributed by atoms with Gasteiger partial charge in [-0.1, -0.05) is 19.4 Å². The average Bonchev–Trinajstić information content (AvgIpc) is 2.43. The lowest BCUT2D eigenvalue weighted by molar-refractivity contribution is 0.0555. The molecule has 1 aromatic heterocycles. The molecule has 0 saturated carbocycles. The van der Waals surface area contributed by atoms with Crippen LogP contribution in [0.25, 0.3) is 0 Å². The fraction of sp³-hybridized carbons (Fsp3) is 0.688. The van der Waals surface area contributed by atoms with E-state index in [1.54, 1.807) is 13.3 Å². The van der Waals surface area contributed by atoms with Crippen LogP contribution in [0.3, 0.4) is 0 Å². The molecule has 0 aromatic carbocycles. The van der Waals surface area contributed by atoms with E-state index in [1.807, 2.05) is 6.07 Å². The number of rotatable bonds is 5. The summed E-state index contributed by atoms with van der Waals surface area (Å²) in [4.78, 5) is 6.85. The molecule has 4 heteroatoms. The maximum Gasteiger partial charge on any atom is 0.217 e. The first kappa shape index (κ1) is 15.3. The number of methoxy groups -OCH3 is 1. The fourth-order valence-electron chi connectivity index (χ4n) is 2.84. The number of nitrogens with zero attached hydrogens (tertiary/aromatic N) is 2. The molecule has 1 aliphatic heterocycles. The van der Waals surface area contributed by atoms with E-state index in [1.165, 1.54) is 18.4 Å². The lowest BCUT2D eigenvalue weighted by atomic mass is 9.95. The lowest BCUT2D eigenvalue weighted by Crippen LogP contribution is -2.61. The SMILES string of the molecule is CCCC1CN(Cc2cccnc2OC)C(C)(C)CN1. The predicted molar refractivity (Wildman–Crippen MR) is 82.0 cm³/mol. The van der Waals surface area contributed by atoms with Gasteiger partial charge in [-0.15, -0.1) is 0 Å². The van der Waals surface area contributed by atoms with Gasteiger partial charge in [0, 0.05) is 43.0 Å². The minimum absolute atomic E-state index is 0.158. The fourth-order valence-corrected chi connectivity index (χ4v) is 2.84. The highest BCUT2D eigenvalue weighted by atomic mass is 16.5. The smallest absolute Gasteiger partial charge is 0.217 e. The summed E-state index contributed by atoms with van der Waals surface area (Å²) in [5, 5.41) is 3.67. The Bertz CT molecular complexity index is 433. The number of aromatic nitrogens is 1. The molecule has 1 fully saturated rings. The molecule has 1 unspecified atom stereocenters. The van der Waals surface area contributed by atoms with Crippen LogP contribution in [-0.4, -0.2) is 41.7 Å². The molecule has 1 aromatic rings. The van der Waals surface area contributed by atoms with Crippen molar-refractivity contribution in [1.82, 2.24) is 15.2 Å². The van der Waals surface area contributed by atoms with E-state index < -0.39 is 0 Å². The first-order valence-electron chi connectivity index (χ1n) is 7.53. The van der Waals surface area contributed by atoms with Crippen molar-refractivity contribution in [2.24, 2.45) is 0 Å². The molecule has 1 saturated heterocycles. The van der Waals surface area contributed by atoms with Crippen LogP contribution in [0, 0.1) is 0 Å². The Morgan fingerprint density at radius 1 is 1.50 bits per heavy atom. The van der Waals surface area contributed by atoms with E-state index in [0.717, 1.165) is 25.5 Å². The maximum atomic E-state index is 5.38. The van der Waals surface area contributed by atoms with Crippen LogP contribution < -0.4 is 10.1 Å². The highest BCUT2D eigenvalue weighted by molar-refractivity contribution is 5.25. The Morgan fingerprint density at radius 2 is 2.30 bits per heavy atom. The molecule has 2 heterocycles. The van der Waals surface area contributed by atoms with Gasteiger partial charge >= 0.3 is 0 Å². The van der Waals surface area contributed by atoms with E-state index in [-0.39, 0.29) is 5.54 Å². The Kier molecular flexibility index (Phi) is 5.00. The quantitative estimate of drug-likeness (QED) is 0.897. The average molecular weight is 277 g/mol. The molecular formula is C16H27N3O. The van der Waals surface area contributed by atoms with Gasteiger partial charge in [-0.3, -0.25) is 4.90 Å². The van der Waals surface area contributed by atoms with Crippen LogP contribution in [-0.2, 0) is 6.54 Å². The molecule has 1 atom stereocenters. The highest BCUT2D eigenvalue weighted by Gasteiger charge is 2.33. The normalized spacial score (nSPS) is 22.7. The Morgan fingerprint density at radius 3 is 3.00 bits per heavy atom. The summed E-state index contributed by atoms with van der Waals surface area (Å²) in [6.45, 7) is 9.84. The summed E-state index contributed by atoms with van der Waals surface area (Å²) >= 11 is 0. The van der Waals surface area contributed by atoms with E-state index >= 15 is 0 Å². The maximum absolute atomic E-state index is 5.38. The van der Waals surface area contributed by atoms with Crippen molar-refractivity contribution in [2.75, 3.05) is 20.2 Å². The lowest BCUT2D eigenvalue weighted by Gasteiger charge is -2.46. The van der Waals surface area contributed by atoms with E-state index in [9.17, 15) is 0 Å². The third-order valence-electron chi connectivity index (χ3n) is 4.16. The van der Waals surface area contributed by atoms with Crippen LogP contribution in [0.5, 0.6) is 5.88 Å². The summed E-state index contributed by atoms with van der Waals surface area (Å²) in [5.41, 5.74) is 1.32. The van der Waals surface area contributed by atoms with E-state index in [0.29, 0.717) is 6.04 Å². The van der Waals surface area contributed by atoms with Gasteiger partial charge in [0.15, 0.2) is 0 Å². The third-order valence-corrected chi connectivity index (χ3v) is 4.16. The molecular weight excluding hydrogens is 250 g/mol. The Labute approximate surface area is 122 Å². The molecule has 2 rings (SSSR count). The molecule has 112 valence electrons. The second kappa shape index (κ2) is 6.55. The molecule has 4 nitrogen and oxygen atoms in total. The van der Waals surface area contributed by atoms with Crippen molar-refractivity contribution < 1.29 is 4.74 Å². The zero-order valence-corrected chi connectivity index (χ0v) is 13.1. The first-order valence-corrected chi connectivity index (χ1v) is 7.53. The van der Waals surface area contributed by atoms with Crippen molar-refractivity contribution in [2.45, 2.75) is 51.7 Å². The largest absolute Gasteiger partial charge is 0.481 e. The van der Waals surface area contributed by atoms with Crippen LogP contribution in [0.2, 0.25) is 0 Å². The van der Waals surface area contributed by atoms with Crippen LogP contribution in [0.4, 0.5) is 0 Å². The molecule has 0 amide bonds. The minimum Gasteiger partial charge on any atom is -0.481 e. The number of hydrogen-bond donors (Lipinski definition) is 1. The first-order chi connectivity index (χ1) is 9.56. The summed E-state index contributed by atoms with van der Waals surface area (Å²) in [5.74, 6) is 0.744. The van der Waals surface area contributed by atoms with Gasteiger partial charge < -0.3 is 10.1 Å². The number of piperazine rings is 1. The van der Waals surface area contributed by atoms with Gasteiger partial charge in [0.25, 0.3) is 0 Å². The standard InChI is InChI=1S/C16H27N3O/c1-5-7-14-11-19(16(2,3)12-18-14)10-13-8-6-9-17-15(13)20-4/h6,8-9,14,18H,5,7,10-12H2,1-4H3. The van der Waals surface area contributed by atoms with Gasteiger partial charge in [-0.25, -0.2) is 4.98 Å². The van der Waals surface area contributed by atoms with Gasteiger partial charge in [-0.2, -0.15) is 0 Å². The number of hydrogen-bond acceptors (Lipinski definition) is 4. The highest BCUT2D eigenvalue weighted by Crippen LogP contribution is 2.25. The molecule has 0 bridgehead atoms. The predicted octanol–water partition coefficient (Wildman–Crippen LogP) is 2.44. The van der Waals surface area contributed by atoms with Crippen molar-refractivity contribution in [1.29, 1.82) is 0 Å². The van der Waals surface area contributed by atoms with Crippen molar-refractivity contribution in [3.05, 3.63) is 23.9 Å². The molecule has 0 aliphatic carbocycles. The second-order valence-corrected chi connectivity index (χ2v) is 6.23. The van der Waals surface area contributed by atoms with Crippen molar-refractivity contribution in [3.63, 3.8) is 0 Å². The summed E-state index contributed by atoms with van der Waals surface area (Å²) in [6, 6.07) is 4.69. The second-order valence-electron chi connectivity index (χ2n) is 6.23. The van der Waals surface area contributed by atoms with E-state index in [2.05, 4.69) is 42.0 Å². The minimum atomic E-state index is 0.158. The summed E-state index contributed by atoms with van der Waals surface area (Å²) in [7, 11) is 1.69. The van der Waals surface area contributed by atoms with Crippen LogP contribution >= 0.6 is 0 Å². The van der Waals surface area contributed by atoms with E-state index in [4.69, 9.17) is 4.74 Å². The number of nitrogens with one attached hydrogen (secondary N) is 1. The Balaban J connectivity index is 2.12. The van der Waals surface area contributed by atoms with Gasteiger partial charge in [0.2, 0.25) is 5.88 Å². The molecule has 0 radical (unpaired) electrons. The Hall–Kier alpha value is -1.13. The van der Waals surface area contributed by atoms with Crippen molar-refractivity contribution >= 4 is 0 Å². The van der Waals surface area contributed by atoms with Gasteiger partial charge in [-0.05, 0) is 26.3 Å². The molecule has 1 aliphatic rings. The van der Waals surface area contributed by atoms with Crippen LogP contribution in [0.1, 0.15) is 39.2 Å².